The molecule has 0 atom stereocenters. The number of halogens is 1. The van der Waals surface area contributed by atoms with E-state index in [1.54, 1.807) is 6.20 Å². The van der Waals surface area contributed by atoms with Crippen molar-refractivity contribution in [2.75, 3.05) is 0 Å². The van der Waals surface area contributed by atoms with Gasteiger partial charge in [0, 0.05) is 17.2 Å². The fraction of sp³-hybridized carbons (Fsp3) is 0.400. The van der Waals surface area contributed by atoms with Gasteiger partial charge in [-0.05, 0) is 27.9 Å². The minimum atomic E-state index is -1.20. The first-order valence-electron chi connectivity index (χ1n) is 4.55. The highest BCUT2D eigenvalue weighted by Gasteiger charge is 2.12. The molecule has 0 aromatic carbocycles. The maximum atomic E-state index is 11.7. The third-order valence-corrected chi connectivity index (χ3v) is 2.28. The third-order valence-electron chi connectivity index (χ3n) is 1.84. The lowest BCUT2D eigenvalue weighted by atomic mass is 10.2. The standard InChI is InChI=1S/C10H12BrNO3/c1-6(2)4-12-5-7(11)3-8(9(12)13)10(14)15/h3,5-6H,4H2,1-2H3,(H,14,15). The summed E-state index contributed by atoms with van der Waals surface area (Å²) < 4.78 is 2.01. The molecule has 15 heavy (non-hydrogen) atoms. The van der Waals surface area contributed by atoms with E-state index in [0.717, 1.165) is 0 Å². The van der Waals surface area contributed by atoms with Gasteiger partial charge in [-0.3, -0.25) is 4.79 Å². The van der Waals surface area contributed by atoms with E-state index in [9.17, 15) is 9.59 Å². The number of hydrogen-bond donors (Lipinski definition) is 1. The Morgan fingerprint density at radius 2 is 2.20 bits per heavy atom. The number of hydrogen-bond acceptors (Lipinski definition) is 2. The molecule has 0 spiro atoms. The molecule has 1 aromatic rings. The van der Waals surface area contributed by atoms with E-state index >= 15 is 0 Å². The maximum Gasteiger partial charge on any atom is 0.341 e. The molecule has 1 N–H and O–H groups in total. The van der Waals surface area contributed by atoms with Crippen LogP contribution in [0.2, 0.25) is 0 Å². The Bertz CT molecular complexity index is 437. The lowest BCUT2D eigenvalue weighted by molar-refractivity contribution is 0.0694. The van der Waals surface area contributed by atoms with Gasteiger partial charge in [0.05, 0.1) is 0 Å². The summed E-state index contributed by atoms with van der Waals surface area (Å²) in [5.74, 6) is -0.905. The van der Waals surface area contributed by atoms with Crippen LogP contribution in [-0.4, -0.2) is 15.6 Å². The molecule has 1 heterocycles. The Labute approximate surface area is 95.7 Å². The summed E-state index contributed by atoms with van der Waals surface area (Å²) in [7, 11) is 0. The molecule has 1 aromatic heterocycles. The number of rotatable bonds is 3. The first-order chi connectivity index (χ1) is 6.91. The molecular weight excluding hydrogens is 262 g/mol. The van der Waals surface area contributed by atoms with Gasteiger partial charge in [-0.25, -0.2) is 4.79 Å². The van der Waals surface area contributed by atoms with Crippen LogP contribution in [0.1, 0.15) is 24.2 Å². The van der Waals surface area contributed by atoms with Crippen LogP contribution in [0.4, 0.5) is 0 Å². The lowest BCUT2D eigenvalue weighted by Crippen LogP contribution is -2.27. The minimum Gasteiger partial charge on any atom is -0.477 e. The Morgan fingerprint density at radius 1 is 1.60 bits per heavy atom. The van der Waals surface area contributed by atoms with Gasteiger partial charge in [0.25, 0.3) is 5.56 Å². The van der Waals surface area contributed by atoms with Crippen LogP contribution in [-0.2, 0) is 6.54 Å². The molecule has 0 saturated carbocycles. The van der Waals surface area contributed by atoms with E-state index in [4.69, 9.17) is 5.11 Å². The number of carbonyl (C=O) groups is 1. The van der Waals surface area contributed by atoms with Gasteiger partial charge < -0.3 is 9.67 Å². The van der Waals surface area contributed by atoms with Crippen molar-refractivity contribution in [3.05, 3.63) is 32.7 Å². The van der Waals surface area contributed by atoms with E-state index in [0.29, 0.717) is 16.9 Å². The minimum absolute atomic E-state index is 0.204. The average Bonchev–Trinajstić information content (AvgIpc) is 2.09. The van der Waals surface area contributed by atoms with Gasteiger partial charge in [0.15, 0.2) is 0 Å². The van der Waals surface area contributed by atoms with Crippen molar-refractivity contribution in [3.8, 4) is 0 Å². The highest BCUT2D eigenvalue weighted by molar-refractivity contribution is 9.10. The monoisotopic (exact) mass is 273 g/mol. The van der Waals surface area contributed by atoms with Crippen LogP contribution >= 0.6 is 15.9 Å². The van der Waals surface area contributed by atoms with E-state index in [1.807, 2.05) is 13.8 Å². The Hall–Kier alpha value is -1.10. The van der Waals surface area contributed by atoms with Crippen LogP contribution in [0, 0.1) is 5.92 Å². The molecule has 1 rings (SSSR count). The summed E-state index contributed by atoms with van der Waals surface area (Å²) >= 11 is 3.18. The van der Waals surface area contributed by atoms with E-state index in [2.05, 4.69) is 15.9 Å². The second kappa shape index (κ2) is 4.61. The van der Waals surface area contributed by atoms with Crippen molar-refractivity contribution in [2.45, 2.75) is 20.4 Å². The third kappa shape index (κ3) is 2.92. The molecule has 0 saturated heterocycles. The molecule has 0 aliphatic rings. The molecule has 0 aliphatic heterocycles. The highest BCUT2D eigenvalue weighted by Crippen LogP contribution is 2.10. The highest BCUT2D eigenvalue weighted by atomic mass is 79.9. The first-order valence-corrected chi connectivity index (χ1v) is 5.34. The summed E-state index contributed by atoms with van der Waals surface area (Å²) in [6.45, 7) is 4.44. The van der Waals surface area contributed by atoms with Crippen molar-refractivity contribution in [2.24, 2.45) is 5.92 Å². The molecule has 0 fully saturated rings. The molecule has 0 amide bonds. The van der Waals surface area contributed by atoms with Gasteiger partial charge in [0.2, 0.25) is 0 Å². The predicted molar refractivity (Wildman–Crippen MR) is 60.2 cm³/mol. The van der Waals surface area contributed by atoms with Gasteiger partial charge in [-0.2, -0.15) is 0 Å². The average molecular weight is 274 g/mol. The van der Waals surface area contributed by atoms with Gasteiger partial charge >= 0.3 is 5.97 Å². The summed E-state index contributed by atoms with van der Waals surface area (Å²) in [5, 5.41) is 8.81. The van der Waals surface area contributed by atoms with Crippen LogP contribution < -0.4 is 5.56 Å². The number of carboxylic acids is 1. The first kappa shape index (κ1) is 12.0. The smallest absolute Gasteiger partial charge is 0.341 e. The number of nitrogens with zero attached hydrogens (tertiary/aromatic N) is 1. The van der Waals surface area contributed by atoms with E-state index in [-0.39, 0.29) is 5.56 Å². The number of aromatic carboxylic acids is 1. The molecule has 0 aliphatic carbocycles. The molecule has 82 valence electrons. The zero-order valence-corrected chi connectivity index (χ0v) is 10.1. The van der Waals surface area contributed by atoms with E-state index < -0.39 is 11.5 Å². The topological polar surface area (TPSA) is 59.3 Å². The van der Waals surface area contributed by atoms with E-state index in [1.165, 1.54) is 10.6 Å². The van der Waals surface area contributed by atoms with Gasteiger partial charge in [-0.1, -0.05) is 13.8 Å². The second-order valence-corrected chi connectivity index (χ2v) is 4.64. The number of pyridine rings is 1. The molecule has 0 radical (unpaired) electrons. The maximum absolute atomic E-state index is 11.7. The molecule has 4 nitrogen and oxygen atoms in total. The summed E-state index contributed by atoms with van der Waals surface area (Å²) in [6, 6.07) is 1.32. The zero-order valence-electron chi connectivity index (χ0n) is 8.53. The normalized spacial score (nSPS) is 10.7. The van der Waals surface area contributed by atoms with Crippen LogP contribution in [0.3, 0.4) is 0 Å². The lowest BCUT2D eigenvalue weighted by Gasteiger charge is -2.09. The summed E-state index contributed by atoms with van der Waals surface area (Å²) in [6.07, 6.45) is 1.61. The molecular formula is C10H12BrNO3. The zero-order chi connectivity index (χ0) is 11.6. The van der Waals surface area contributed by atoms with Crippen LogP contribution in [0.25, 0.3) is 0 Å². The largest absolute Gasteiger partial charge is 0.477 e. The number of aromatic nitrogens is 1. The summed E-state index contributed by atoms with van der Waals surface area (Å²) in [4.78, 5) is 22.4. The number of carboxylic acid groups (broad SMARTS) is 1. The van der Waals surface area contributed by atoms with Crippen molar-refractivity contribution in [1.29, 1.82) is 0 Å². The van der Waals surface area contributed by atoms with Gasteiger partial charge in [0.1, 0.15) is 5.56 Å². The quantitative estimate of drug-likeness (QED) is 0.916. The Morgan fingerprint density at radius 3 is 2.67 bits per heavy atom. The Balaban J connectivity index is 3.29. The molecule has 0 bridgehead atoms. The Kier molecular flexibility index (Phi) is 3.68. The van der Waals surface area contributed by atoms with Crippen molar-refractivity contribution < 1.29 is 9.90 Å². The van der Waals surface area contributed by atoms with Crippen LogP contribution in [0.5, 0.6) is 0 Å². The second-order valence-electron chi connectivity index (χ2n) is 3.73. The van der Waals surface area contributed by atoms with Crippen molar-refractivity contribution in [3.63, 3.8) is 0 Å². The van der Waals surface area contributed by atoms with Crippen molar-refractivity contribution in [1.82, 2.24) is 4.57 Å². The predicted octanol–water partition coefficient (Wildman–Crippen LogP) is 1.97. The van der Waals surface area contributed by atoms with Gasteiger partial charge in [-0.15, -0.1) is 0 Å². The van der Waals surface area contributed by atoms with Crippen molar-refractivity contribution >= 4 is 21.9 Å². The SMILES string of the molecule is CC(C)Cn1cc(Br)cc(C(=O)O)c1=O. The fourth-order valence-corrected chi connectivity index (χ4v) is 1.76. The van der Waals surface area contributed by atoms with Crippen LogP contribution in [0.15, 0.2) is 21.5 Å². The molecule has 5 heteroatoms. The fourth-order valence-electron chi connectivity index (χ4n) is 1.28. The summed E-state index contributed by atoms with van der Waals surface area (Å²) in [5.41, 5.74) is -0.663. The molecule has 0 unspecified atom stereocenters.